The molecule has 0 saturated carbocycles. The van der Waals surface area contributed by atoms with Gasteiger partial charge in [-0.15, -0.1) is 0 Å². The number of benzene rings is 2. The van der Waals surface area contributed by atoms with Crippen molar-refractivity contribution in [3.8, 4) is 11.3 Å². The minimum Gasteiger partial charge on any atom is -0.478 e. The zero-order valence-electron chi connectivity index (χ0n) is 13.3. The molecule has 0 fully saturated rings. The molecule has 0 radical (unpaired) electrons. The van der Waals surface area contributed by atoms with E-state index >= 15 is 0 Å². The van der Waals surface area contributed by atoms with Gasteiger partial charge in [-0.3, -0.25) is 0 Å². The first-order chi connectivity index (χ1) is 11.9. The molecular formula is C19H15Cl2NO3. The summed E-state index contributed by atoms with van der Waals surface area (Å²) in [4.78, 5) is 11.2. The summed E-state index contributed by atoms with van der Waals surface area (Å²) in [5.41, 5.74) is 2.51. The second-order valence-electron chi connectivity index (χ2n) is 5.56. The molecule has 25 heavy (non-hydrogen) atoms. The molecule has 0 atom stereocenters. The van der Waals surface area contributed by atoms with Gasteiger partial charge in [-0.1, -0.05) is 29.3 Å². The van der Waals surface area contributed by atoms with E-state index in [0.29, 0.717) is 33.7 Å². The third-order valence-electron chi connectivity index (χ3n) is 3.83. The Morgan fingerprint density at radius 3 is 2.52 bits per heavy atom. The molecular weight excluding hydrogens is 361 g/mol. The quantitative estimate of drug-likeness (QED) is 0.584. The molecule has 1 heterocycles. The van der Waals surface area contributed by atoms with Crippen LogP contribution in [0.5, 0.6) is 0 Å². The Morgan fingerprint density at radius 2 is 1.84 bits per heavy atom. The number of hydrogen-bond donors (Lipinski definition) is 2. The minimum atomic E-state index is -0.945. The molecule has 0 aliphatic rings. The molecule has 6 heteroatoms. The number of hydrogen-bond acceptors (Lipinski definition) is 3. The van der Waals surface area contributed by atoms with E-state index in [9.17, 15) is 9.90 Å². The Morgan fingerprint density at radius 1 is 1.12 bits per heavy atom. The van der Waals surface area contributed by atoms with E-state index in [0.717, 1.165) is 11.3 Å². The van der Waals surface area contributed by atoms with Crippen molar-refractivity contribution in [2.24, 2.45) is 0 Å². The third kappa shape index (κ3) is 3.98. The summed E-state index contributed by atoms with van der Waals surface area (Å²) in [5, 5.41) is 13.5. The van der Waals surface area contributed by atoms with Crippen LogP contribution in [-0.4, -0.2) is 11.1 Å². The lowest BCUT2D eigenvalue weighted by atomic mass is 10.1. The van der Waals surface area contributed by atoms with Crippen LogP contribution in [0.2, 0.25) is 10.0 Å². The Bertz CT molecular complexity index is 914. The van der Waals surface area contributed by atoms with E-state index in [-0.39, 0.29) is 5.56 Å². The molecule has 4 nitrogen and oxygen atoms in total. The Labute approximate surface area is 155 Å². The van der Waals surface area contributed by atoms with Crippen LogP contribution in [-0.2, 0) is 6.54 Å². The van der Waals surface area contributed by atoms with Crippen LogP contribution < -0.4 is 5.32 Å². The average molecular weight is 376 g/mol. The fraction of sp³-hybridized carbons (Fsp3) is 0.105. The van der Waals surface area contributed by atoms with Crippen molar-refractivity contribution in [3.63, 3.8) is 0 Å². The summed E-state index contributed by atoms with van der Waals surface area (Å²) < 4.78 is 5.82. The van der Waals surface area contributed by atoms with Gasteiger partial charge in [-0.2, -0.15) is 0 Å². The van der Waals surface area contributed by atoms with Gasteiger partial charge in [0.05, 0.1) is 12.1 Å². The Kier molecular flexibility index (Phi) is 5.02. The molecule has 0 aliphatic carbocycles. The predicted molar refractivity (Wildman–Crippen MR) is 99.6 cm³/mol. The molecule has 0 aliphatic heterocycles. The van der Waals surface area contributed by atoms with Crippen LogP contribution in [0, 0.1) is 6.92 Å². The number of halogens is 2. The highest BCUT2D eigenvalue weighted by atomic mass is 35.5. The highest BCUT2D eigenvalue weighted by Crippen LogP contribution is 2.29. The fourth-order valence-corrected chi connectivity index (χ4v) is 3.09. The molecule has 0 spiro atoms. The first kappa shape index (κ1) is 17.4. The largest absolute Gasteiger partial charge is 0.478 e. The number of anilines is 1. The molecule has 2 N–H and O–H groups in total. The summed E-state index contributed by atoms with van der Waals surface area (Å²) in [7, 11) is 0. The molecule has 3 aromatic rings. The highest BCUT2D eigenvalue weighted by molar-refractivity contribution is 6.35. The van der Waals surface area contributed by atoms with Crippen LogP contribution in [0.4, 0.5) is 5.69 Å². The van der Waals surface area contributed by atoms with Gasteiger partial charge in [-0.25, -0.2) is 4.79 Å². The molecule has 0 bridgehead atoms. The zero-order chi connectivity index (χ0) is 18.0. The van der Waals surface area contributed by atoms with Crippen molar-refractivity contribution in [1.82, 2.24) is 0 Å². The summed E-state index contributed by atoms with van der Waals surface area (Å²) in [6.07, 6.45) is 0. The smallest absolute Gasteiger partial charge is 0.336 e. The second kappa shape index (κ2) is 7.21. The molecule has 0 amide bonds. The van der Waals surface area contributed by atoms with E-state index < -0.39 is 5.97 Å². The van der Waals surface area contributed by atoms with Crippen molar-refractivity contribution < 1.29 is 14.3 Å². The molecule has 128 valence electrons. The van der Waals surface area contributed by atoms with E-state index in [1.54, 1.807) is 37.3 Å². The SMILES string of the molecule is Cc1c(NCc2ccc(-c3cc(Cl)cc(Cl)c3)o2)cccc1C(=O)O. The second-order valence-corrected chi connectivity index (χ2v) is 6.43. The van der Waals surface area contributed by atoms with E-state index in [1.165, 1.54) is 0 Å². The number of aromatic carboxylic acids is 1. The highest BCUT2D eigenvalue weighted by Gasteiger charge is 2.11. The van der Waals surface area contributed by atoms with Gasteiger partial charge in [0.25, 0.3) is 0 Å². The van der Waals surface area contributed by atoms with Crippen molar-refractivity contribution >= 4 is 34.9 Å². The lowest BCUT2D eigenvalue weighted by molar-refractivity contribution is 0.0696. The van der Waals surface area contributed by atoms with Crippen molar-refractivity contribution in [2.75, 3.05) is 5.32 Å². The van der Waals surface area contributed by atoms with Gasteiger partial charge in [0.1, 0.15) is 11.5 Å². The summed E-state index contributed by atoms with van der Waals surface area (Å²) in [6, 6.07) is 14.1. The van der Waals surface area contributed by atoms with Crippen molar-refractivity contribution in [3.05, 3.63) is 75.5 Å². The number of rotatable bonds is 5. The van der Waals surface area contributed by atoms with E-state index in [1.807, 2.05) is 18.2 Å². The topological polar surface area (TPSA) is 62.5 Å². The number of carbonyl (C=O) groups is 1. The number of carboxylic acids is 1. The van der Waals surface area contributed by atoms with Crippen molar-refractivity contribution in [1.29, 1.82) is 0 Å². The Balaban J connectivity index is 1.76. The van der Waals surface area contributed by atoms with E-state index in [4.69, 9.17) is 27.6 Å². The van der Waals surface area contributed by atoms with Crippen LogP contribution in [0.3, 0.4) is 0 Å². The van der Waals surface area contributed by atoms with Gasteiger partial charge in [0.15, 0.2) is 0 Å². The summed E-state index contributed by atoms with van der Waals surface area (Å²) in [6.45, 7) is 2.20. The van der Waals surface area contributed by atoms with Gasteiger partial charge in [0.2, 0.25) is 0 Å². The van der Waals surface area contributed by atoms with Gasteiger partial charge < -0.3 is 14.8 Å². The Hall–Kier alpha value is -2.43. The van der Waals surface area contributed by atoms with Crippen LogP contribution >= 0.6 is 23.2 Å². The molecule has 2 aromatic carbocycles. The lowest BCUT2D eigenvalue weighted by Crippen LogP contribution is -2.05. The maximum atomic E-state index is 11.2. The molecule has 0 saturated heterocycles. The first-order valence-corrected chi connectivity index (χ1v) is 8.31. The van der Waals surface area contributed by atoms with Crippen molar-refractivity contribution in [2.45, 2.75) is 13.5 Å². The standard InChI is InChI=1S/C19H15Cl2NO3/c1-11-16(19(23)24)3-2-4-17(11)22-10-15-5-6-18(25-15)12-7-13(20)9-14(21)8-12/h2-9,22H,10H2,1H3,(H,23,24). The minimum absolute atomic E-state index is 0.277. The molecule has 3 rings (SSSR count). The first-order valence-electron chi connectivity index (χ1n) is 7.56. The number of carboxylic acid groups (broad SMARTS) is 1. The zero-order valence-corrected chi connectivity index (χ0v) is 14.9. The third-order valence-corrected chi connectivity index (χ3v) is 4.26. The van der Waals surface area contributed by atoms with Crippen LogP contribution in [0.15, 0.2) is 52.9 Å². The predicted octanol–water partition coefficient (Wildman–Crippen LogP) is 5.87. The maximum Gasteiger partial charge on any atom is 0.336 e. The molecule has 0 unspecified atom stereocenters. The van der Waals surface area contributed by atoms with Gasteiger partial charge in [-0.05, 0) is 55.0 Å². The monoisotopic (exact) mass is 375 g/mol. The maximum absolute atomic E-state index is 11.2. The summed E-state index contributed by atoms with van der Waals surface area (Å²) in [5.74, 6) is 0.433. The lowest BCUT2D eigenvalue weighted by Gasteiger charge is -2.10. The normalized spacial score (nSPS) is 10.7. The summed E-state index contributed by atoms with van der Waals surface area (Å²) >= 11 is 12.0. The number of furan rings is 1. The molecule has 1 aromatic heterocycles. The van der Waals surface area contributed by atoms with E-state index in [2.05, 4.69) is 5.32 Å². The fourth-order valence-electron chi connectivity index (χ4n) is 2.57. The van der Waals surface area contributed by atoms with Gasteiger partial charge >= 0.3 is 5.97 Å². The van der Waals surface area contributed by atoms with Crippen LogP contribution in [0.1, 0.15) is 21.7 Å². The van der Waals surface area contributed by atoms with Gasteiger partial charge in [0, 0.05) is 21.3 Å². The van der Waals surface area contributed by atoms with Crippen LogP contribution in [0.25, 0.3) is 11.3 Å². The number of nitrogens with one attached hydrogen (secondary N) is 1. The average Bonchev–Trinajstić information content (AvgIpc) is 3.01.